The summed E-state index contributed by atoms with van der Waals surface area (Å²) in [6.07, 6.45) is 2.76. The molecule has 2 aliphatic rings. The van der Waals surface area contributed by atoms with Gasteiger partial charge in [-0.2, -0.15) is 5.26 Å². The number of anilines is 1. The van der Waals surface area contributed by atoms with Crippen molar-refractivity contribution >= 4 is 5.69 Å². The molecule has 0 saturated carbocycles. The van der Waals surface area contributed by atoms with E-state index < -0.39 is 5.82 Å². The minimum absolute atomic E-state index is 0.102. The maximum Gasteiger partial charge on any atom is 0.143 e. The molecule has 2 heterocycles. The Morgan fingerprint density at radius 2 is 2.00 bits per heavy atom. The van der Waals surface area contributed by atoms with Gasteiger partial charge >= 0.3 is 0 Å². The van der Waals surface area contributed by atoms with Crippen molar-refractivity contribution in [1.29, 1.82) is 5.26 Å². The lowest BCUT2D eigenvalue weighted by molar-refractivity contribution is 0.0305. The Morgan fingerprint density at radius 1 is 1.29 bits per heavy atom. The van der Waals surface area contributed by atoms with Crippen LogP contribution in [0, 0.1) is 17.1 Å². The van der Waals surface area contributed by atoms with Crippen molar-refractivity contribution < 1.29 is 9.13 Å². The fourth-order valence-electron chi connectivity index (χ4n) is 2.62. The first-order chi connectivity index (χ1) is 8.26. The third-order valence-corrected chi connectivity index (χ3v) is 3.48. The molecule has 2 saturated heterocycles. The number of nitrogens with zero attached hydrogens (tertiary/aromatic N) is 2. The van der Waals surface area contributed by atoms with Gasteiger partial charge in [-0.15, -0.1) is 0 Å². The zero-order chi connectivity index (χ0) is 11.8. The molecule has 0 radical (unpaired) electrons. The van der Waals surface area contributed by atoms with E-state index in [-0.39, 0.29) is 17.8 Å². The molecule has 0 aromatic heterocycles. The highest BCUT2D eigenvalue weighted by atomic mass is 19.1. The zero-order valence-electron chi connectivity index (χ0n) is 9.40. The molecule has 4 heteroatoms. The molecule has 0 N–H and O–H groups in total. The summed E-state index contributed by atoms with van der Waals surface area (Å²) < 4.78 is 19.3. The normalized spacial score (nSPS) is 26.9. The summed E-state index contributed by atoms with van der Waals surface area (Å²) in [6, 6.07) is 6.64. The molecule has 1 aromatic rings. The summed E-state index contributed by atoms with van der Waals surface area (Å²) in [7, 11) is 0. The number of benzene rings is 1. The highest BCUT2D eigenvalue weighted by molar-refractivity contribution is 5.51. The molecule has 0 aliphatic carbocycles. The monoisotopic (exact) mass is 232 g/mol. The van der Waals surface area contributed by atoms with Crippen molar-refractivity contribution in [2.24, 2.45) is 0 Å². The number of hydrogen-bond acceptors (Lipinski definition) is 3. The van der Waals surface area contributed by atoms with Gasteiger partial charge in [0.1, 0.15) is 11.9 Å². The van der Waals surface area contributed by atoms with Gasteiger partial charge in [-0.05, 0) is 31.0 Å². The van der Waals surface area contributed by atoms with Crippen molar-refractivity contribution in [2.75, 3.05) is 18.0 Å². The quantitative estimate of drug-likeness (QED) is 0.743. The van der Waals surface area contributed by atoms with Gasteiger partial charge in [-0.3, -0.25) is 0 Å². The van der Waals surface area contributed by atoms with Crippen LogP contribution in [0.3, 0.4) is 0 Å². The second kappa shape index (κ2) is 4.01. The molecular weight excluding hydrogens is 219 g/mol. The van der Waals surface area contributed by atoms with E-state index in [0.717, 1.165) is 31.6 Å². The Labute approximate surface area is 99.4 Å². The van der Waals surface area contributed by atoms with Gasteiger partial charge < -0.3 is 9.64 Å². The van der Waals surface area contributed by atoms with E-state index in [4.69, 9.17) is 10.00 Å². The minimum atomic E-state index is -0.441. The largest absolute Gasteiger partial charge is 0.371 e. The van der Waals surface area contributed by atoms with Crippen LogP contribution in [0.2, 0.25) is 0 Å². The molecule has 17 heavy (non-hydrogen) atoms. The number of rotatable bonds is 1. The first-order valence-electron chi connectivity index (χ1n) is 5.86. The van der Waals surface area contributed by atoms with Crippen LogP contribution in [-0.4, -0.2) is 25.3 Å². The lowest BCUT2D eigenvalue weighted by Gasteiger charge is -2.33. The Hall–Kier alpha value is -1.60. The lowest BCUT2D eigenvalue weighted by Crippen LogP contribution is -2.42. The van der Waals surface area contributed by atoms with Gasteiger partial charge in [-0.25, -0.2) is 4.39 Å². The summed E-state index contributed by atoms with van der Waals surface area (Å²) >= 11 is 0. The Kier molecular flexibility index (Phi) is 2.49. The lowest BCUT2D eigenvalue weighted by atomic mass is 10.2. The molecule has 1 aromatic carbocycles. The van der Waals surface area contributed by atoms with Crippen LogP contribution >= 0.6 is 0 Å². The topological polar surface area (TPSA) is 36.3 Å². The number of fused-ring (bicyclic) bond motifs is 2. The van der Waals surface area contributed by atoms with E-state index in [1.165, 1.54) is 6.07 Å². The van der Waals surface area contributed by atoms with Crippen LogP contribution in [0.5, 0.6) is 0 Å². The smallest absolute Gasteiger partial charge is 0.143 e. The molecule has 2 bridgehead atoms. The molecule has 88 valence electrons. The Balaban J connectivity index is 1.85. The third-order valence-electron chi connectivity index (χ3n) is 3.48. The first kappa shape index (κ1) is 10.5. The predicted octanol–water partition coefficient (Wildman–Crippen LogP) is 2.06. The number of ether oxygens (including phenoxy) is 1. The Morgan fingerprint density at radius 3 is 2.59 bits per heavy atom. The van der Waals surface area contributed by atoms with Crippen molar-refractivity contribution in [3.05, 3.63) is 29.6 Å². The van der Waals surface area contributed by atoms with Gasteiger partial charge in [-0.1, -0.05) is 0 Å². The average Bonchev–Trinajstić information content (AvgIpc) is 2.68. The molecule has 3 nitrogen and oxygen atoms in total. The molecule has 2 unspecified atom stereocenters. The summed E-state index contributed by atoms with van der Waals surface area (Å²) in [5.74, 6) is -0.441. The average molecular weight is 232 g/mol. The van der Waals surface area contributed by atoms with Crippen LogP contribution in [0.4, 0.5) is 10.1 Å². The fraction of sp³-hybridized carbons (Fsp3) is 0.462. The second-order valence-electron chi connectivity index (χ2n) is 4.64. The second-order valence-corrected chi connectivity index (χ2v) is 4.64. The van der Waals surface area contributed by atoms with E-state index in [0.29, 0.717) is 0 Å². The molecule has 3 rings (SSSR count). The molecular formula is C13H13FN2O. The summed E-state index contributed by atoms with van der Waals surface area (Å²) in [4.78, 5) is 2.15. The van der Waals surface area contributed by atoms with Gasteiger partial charge in [0.2, 0.25) is 0 Å². The molecule has 0 spiro atoms. The number of nitriles is 1. The minimum Gasteiger partial charge on any atom is -0.371 e. The molecule has 2 atom stereocenters. The maximum absolute atomic E-state index is 13.5. The number of hydrogen-bond donors (Lipinski definition) is 0. The first-order valence-corrected chi connectivity index (χ1v) is 5.86. The van der Waals surface area contributed by atoms with Crippen molar-refractivity contribution in [3.63, 3.8) is 0 Å². The van der Waals surface area contributed by atoms with Crippen LogP contribution in [0.25, 0.3) is 0 Å². The van der Waals surface area contributed by atoms with Crippen molar-refractivity contribution in [2.45, 2.75) is 25.0 Å². The molecule has 0 amide bonds. The van der Waals surface area contributed by atoms with E-state index in [9.17, 15) is 4.39 Å². The van der Waals surface area contributed by atoms with Crippen molar-refractivity contribution in [3.8, 4) is 6.07 Å². The van der Waals surface area contributed by atoms with Crippen LogP contribution in [0.15, 0.2) is 18.2 Å². The predicted molar refractivity (Wildman–Crippen MR) is 61.2 cm³/mol. The maximum atomic E-state index is 13.5. The SMILES string of the molecule is N#Cc1ccc(N2CC3CCC(C2)O3)cc1F. The van der Waals surface area contributed by atoms with E-state index in [2.05, 4.69) is 4.90 Å². The zero-order valence-corrected chi connectivity index (χ0v) is 9.40. The van der Waals surface area contributed by atoms with Gasteiger partial charge in [0.25, 0.3) is 0 Å². The highest BCUT2D eigenvalue weighted by Gasteiger charge is 2.33. The van der Waals surface area contributed by atoms with Crippen molar-refractivity contribution in [1.82, 2.24) is 0 Å². The van der Waals surface area contributed by atoms with Gasteiger partial charge in [0.05, 0.1) is 17.8 Å². The summed E-state index contributed by atoms with van der Waals surface area (Å²) in [5, 5.41) is 8.69. The van der Waals surface area contributed by atoms with Gasteiger partial charge in [0.15, 0.2) is 0 Å². The fourth-order valence-corrected chi connectivity index (χ4v) is 2.62. The summed E-state index contributed by atoms with van der Waals surface area (Å²) in [5.41, 5.74) is 0.951. The molecule has 2 fully saturated rings. The Bertz CT molecular complexity index is 471. The third kappa shape index (κ3) is 1.87. The number of morpholine rings is 1. The van der Waals surface area contributed by atoms with Crippen LogP contribution in [-0.2, 0) is 4.74 Å². The van der Waals surface area contributed by atoms with Crippen LogP contribution < -0.4 is 4.90 Å². The van der Waals surface area contributed by atoms with Crippen LogP contribution in [0.1, 0.15) is 18.4 Å². The van der Waals surface area contributed by atoms with E-state index in [1.807, 2.05) is 12.1 Å². The molecule has 2 aliphatic heterocycles. The van der Waals surface area contributed by atoms with E-state index >= 15 is 0 Å². The van der Waals surface area contributed by atoms with E-state index in [1.54, 1.807) is 6.07 Å². The highest BCUT2D eigenvalue weighted by Crippen LogP contribution is 2.30. The van der Waals surface area contributed by atoms with Gasteiger partial charge in [0, 0.05) is 18.8 Å². The summed E-state index contributed by atoms with van der Waals surface area (Å²) in [6.45, 7) is 1.64. The standard InChI is InChI=1S/C13H13FN2O/c14-13-5-10(2-1-9(13)6-15)16-7-11-3-4-12(8-16)17-11/h1-2,5,11-12H,3-4,7-8H2. The number of halogens is 1.